The maximum atomic E-state index is 12.0. The summed E-state index contributed by atoms with van der Waals surface area (Å²) in [6.45, 7) is 1.90. The summed E-state index contributed by atoms with van der Waals surface area (Å²) in [6, 6.07) is 19.3. The molecule has 0 radical (unpaired) electrons. The zero-order valence-electron chi connectivity index (χ0n) is 13.2. The van der Waals surface area contributed by atoms with E-state index in [0.717, 1.165) is 16.7 Å². The van der Waals surface area contributed by atoms with E-state index in [9.17, 15) is 9.59 Å². The molecule has 3 heteroatoms. The van der Waals surface area contributed by atoms with Crippen molar-refractivity contribution in [3.63, 3.8) is 0 Å². The Bertz CT molecular complexity index is 856. The molecule has 0 spiro atoms. The summed E-state index contributed by atoms with van der Waals surface area (Å²) in [5.41, 5.74) is 3.39. The van der Waals surface area contributed by atoms with Crippen LogP contribution in [-0.4, -0.2) is 11.9 Å². The fraction of sp³-hybridized carbons (Fsp3) is 0.0476. The van der Waals surface area contributed by atoms with E-state index in [0.29, 0.717) is 0 Å². The molecular weight excluding hydrogens is 300 g/mol. The van der Waals surface area contributed by atoms with Crippen LogP contribution in [0.25, 0.3) is 11.6 Å². The highest BCUT2D eigenvalue weighted by atomic mass is 16.6. The van der Waals surface area contributed by atoms with Gasteiger partial charge in [-0.15, -0.1) is 0 Å². The van der Waals surface area contributed by atoms with Crippen molar-refractivity contribution < 1.29 is 14.3 Å². The Kier molecular flexibility index (Phi) is 4.52. The molecule has 3 rings (SSSR count). The van der Waals surface area contributed by atoms with E-state index in [1.165, 1.54) is 0 Å². The lowest BCUT2D eigenvalue weighted by Gasteiger charge is -2.01. The molecule has 0 aliphatic carbocycles. The van der Waals surface area contributed by atoms with Gasteiger partial charge in [0.15, 0.2) is 0 Å². The molecule has 1 aliphatic heterocycles. The summed E-state index contributed by atoms with van der Waals surface area (Å²) in [5, 5.41) is 0. The molecule has 0 bridgehead atoms. The lowest BCUT2D eigenvalue weighted by molar-refractivity contribution is -0.150. The monoisotopic (exact) mass is 316 g/mol. The average molecular weight is 316 g/mol. The average Bonchev–Trinajstić information content (AvgIpc) is 2.88. The van der Waals surface area contributed by atoms with Gasteiger partial charge in [-0.25, -0.2) is 9.59 Å². The molecule has 0 N–H and O–H groups in total. The number of rotatable bonds is 4. The number of cyclic esters (lactones) is 2. The van der Waals surface area contributed by atoms with E-state index in [4.69, 9.17) is 4.74 Å². The van der Waals surface area contributed by atoms with Crippen molar-refractivity contribution in [2.75, 3.05) is 0 Å². The summed E-state index contributed by atoms with van der Waals surface area (Å²) < 4.78 is 4.76. The van der Waals surface area contributed by atoms with Crippen LogP contribution >= 0.6 is 0 Å². The number of ether oxygens (including phenoxy) is 1. The molecule has 0 unspecified atom stereocenters. The first kappa shape index (κ1) is 15.7. The van der Waals surface area contributed by atoms with Crippen molar-refractivity contribution in [2.24, 2.45) is 0 Å². The third kappa shape index (κ3) is 3.41. The minimum absolute atomic E-state index is 0.277. The van der Waals surface area contributed by atoms with Gasteiger partial charge in [0.25, 0.3) is 0 Å². The molecule has 0 fully saturated rings. The molecule has 3 nitrogen and oxygen atoms in total. The molecular formula is C21H16O3. The SMILES string of the molecule is CC(=CC1=C(C=Cc2ccccc2)C(=O)OC1=O)c1ccccc1. The molecule has 118 valence electrons. The van der Waals surface area contributed by atoms with Gasteiger partial charge in [-0.1, -0.05) is 66.7 Å². The fourth-order valence-corrected chi connectivity index (χ4v) is 2.45. The van der Waals surface area contributed by atoms with Crippen LogP contribution in [0.1, 0.15) is 18.1 Å². The lowest BCUT2D eigenvalue weighted by atomic mass is 10.0. The highest BCUT2D eigenvalue weighted by molar-refractivity contribution is 6.16. The minimum atomic E-state index is -0.612. The molecule has 0 saturated carbocycles. The molecule has 0 saturated heterocycles. The van der Waals surface area contributed by atoms with Crippen LogP contribution in [-0.2, 0) is 14.3 Å². The lowest BCUT2D eigenvalue weighted by Crippen LogP contribution is -2.01. The van der Waals surface area contributed by atoms with Gasteiger partial charge in [-0.05, 0) is 35.8 Å². The Morgan fingerprint density at radius 3 is 2.04 bits per heavy atom. The first-order valence-corrected chi connectivity index (χ1v) is 7.63. The number of benzene rings is 2. The molecule has 1 heterocycles. The van der Waals surface area contributed by atoms with Gasteiger partial charge in [-0.2, -0.15) is 0 Å². The van der Waals surface area contributed by atoms with E-state index in [1.54, 1.807) is 18.2 Å². The zero-order valence-corrected chi connectivity index (χ0v) is 13.2. The van der Waals surface area contributed by atoms with Crippen LogP contribution in [0.5, 0.6) is 0 Å². The quantitative estimate of drug-likeness (QED) is 0.627. The topological polar surface area (TPSA) is 43.4 Å². The summed E-state index contributed by atoms with van der Waals surface area (Å²) >= 11 is 0. The van der Waals surface area contributed by atoms with Gasteiger partial charge in [0, 0.05) is 0 Å². The van der Waals surface area contributed by atoms with Crippen LogP contribution in [0.15, 0.2) is 84.0 Å². The molecule has 2 aromatic rings. The second-order valence-electron chi connectivity index (χ2n) is 5.44. The van der Waals surface area contributed by atoms with Gasteiger partial charge in [0.2, 0.25) is 0 Å². The Labute approximate surface area is 140 Å². The maximum Gasteiger partial charge on any atom is 0.346 e. The van der Waals surface area contributed by atoms with E-state index in [1.807, 2.05) is 67.6 Å². The first-order chi connectivity index (χ1) is 11.6. The van der Waals surface area contributed by atoms with Crippen LogP contribution in [0.2, 0.25) is 0 Å². The number of hydrogen-bond acceptors (Lipinski definition) is 3. The second kappa shape index (κ2) is 6.92. The number of carbonyl (C=O) groups excluding carboxylic acids is 2. The van der Waals surface area contributed by atoms with Crippen molar-refractivity contribution in [3.05, 3.63) is 95.1 Å². The van der Waals surface area contributed by atoms with Crippen molar-refractivity contribution in [1.82, 2.24) is 0 Å². The highest BCUT2D eigenvalue weighted by Crippen LogP contribution is 2.25. The smallest absolute Gasteiger partial charge is 0.346 e. The van der Waals surface area contributed by atoms with E-state index in [-0.39, 0.29) is 11.1 Å². The van der Waals surface area contributed by atoms with Crippen LogP contribution in [0.4, 0.5) is 0 Å². The third-order valence-corrected chi connectivity index (χ3v) is 3.75. The normalized spacial score (nSPS) is 15.3. The van der Waals surface area contributed by atoms with Gasteiger partial charge < -0.3 is 4.74 Å². The Hall–Kier alpha value is -3.20. The van der Waals surface area contributed by atoms with Crippen LogP contribution < -0.4 is 0 Å². The standard InChI is InChI=1S/C21H16O3/c1-15(17-10-6-3-7-11-17)14-19-18(20(22)24-21(19)23)13-12-16-8-4-2-5-9-16/h2-14H,1H3. The zero-order chi connectivity index (χ0) is 16.9. The summed E-state index contributed by atoms with van der Waals surface area (Å²) in [7, 11) is 0. The van der Waals surface area contributed by atoms with Crippen molar-refractivity contribution in [3.8, 4) is 0 Å². The molecule has 0 aromatic heterocycles. The van der Waals surface area contributed by atoms with Crippen molar-refractivity contribution in [2.45, 2.75) is 6.92 Å². The van der Waals surface area contributed by atoms with Crippen molar-refractivity contribution in [1.29, 1.82) is 0 Å². The summed E-state index contributed by atoms with van der Waals surface area (Å²) in [4.78, 5) is 23.9. The predicted molar refractivity (Wildman–Crippen MR) is 93.7 cm³/mol. The Morgan fingerprint density at radius 2 is 1.38 bits per heavy atom. The van der Waals surface area contributed by atoms with E-state index < -0.39 is 11.9 Å². The summed E-state index contributed by atoms with van der Waals surface area (Å²) in [6.07, 6.45) is 5.13. The van der Waals surface area contributed by atoms with Crippen LogP contribution in [0.3, 0.4) is 0 Å². The molecule has 2 aromatic carbocycles. The largest absolute Gasteiger partial charge is 0.386 e. The molecule has 0 atom stereocenters. The van der Waals surface area contributed by atoms with E-state index >= 15 is 0 Å². The predicted octanol–water partition coefficient (Wildman–Crippen LogP) is 4.18. The Balaban J connectivity index is 1.98. The maximum absolute atomic E-state index is 12.0. The van der Waals surface area contributed by atoms with Gasteiger partial charge in [0.1, 0.15) is 0 Å². The molecule has 0 amide bonds. The van der Waals surface area contributed by atoms with Gasteiger partial charge in [-0.3, -0.25) is 0 Å². The highest BCUT2D eigenvalue weighted by Gasteiger charge is 2.30. The minimum Gasteiger partial charge on any atom is -0.386 e. The number of hydrogen-bond donors (Lipinski definition) is 0. The van der Waals surface area contributed by atoms with Gasteiger partial charge >= 0.3 is 11.9 Å². The van der Waals surface area contributed by atoms with Gasteiger partial charge in [0.05, 0.1) is 11.1 Å². The first-order valence-electron chi connectivity index (χ1n) is 7.63. The fourth-order valence-electron chi connectivity index (χ4n) is 2.45. The third-order valence-electron chi connectivity index (χ3n) is 3.75. The van der Waals surface area contributed by atoms with Crippen LogP contribution in [0, 0.1) is 0 Å². The number of carbonyl (C=O) groups is 2. The van der Waals surface area contributed by atoms with Crippen molar-refractivity contribution >= 4 is 23.6 Å². The number of allylic oxidation sites excluding steroid dienone is 1. The second-order valence-corrected chi connectivity index (χ2v) is 5.44. The van der Waals surface area contributed by atoms with E-state index in [2.05, 4.69) is 0 Å². The molecule has 1 aliphatic rings. The molecule has 24 heavy (non-hydrogen) atoms. The number of esters is 2. The summed E-state index contributed by atoms with van der Waals surface area (Å²) in [5.74, 6) is -1.22. The Morgan fingerprint density at radius 1 is 0.792 bits per heavy atom.